The molecule has 1 aromatic rings. The fourth-order valence-electron chi connectivity index (χ4n) is 2.32. The van der Waals surface area contributed by atoms with Crippen molar-refractivity contribution in [2.75, 3.05) is 5.32 Å². The van der Waals surface area contributed by atoms with Crippen molar-refractivity contribution in [3.63, 3.8) is 0 Å². The molecule has 4 nitrogen and oxygen atoms in total. The zero-order chi connectivity index (χ0) is 14.7. The molecule has 0 heterocycles. The summed E-state index contributed by atoms with van der Waals surface area (Å²) in [6, 6.07) is 4.50. The van der Waals surface area contributed by atoms with Crippen LogP contribution in [0.5, 0.6) is 0 Å². The number of halogens is 1. The number of rotatable bonds is 3. The molecule has 106 valence electrons. The van der Waals surface area contributed by atoms with Gasteiger partial charge in [-0.25, -0.2) is 4.39 Å². The zero-order valence-corrected chi connectivity index (χ0v) is 11.1. The minimum absolute atomic E-state index is 0.0827. The van der Waals surface area contributed by atoms with Crippen molar-refractivity contribution >= 4 is 17.6 Å². The highest BCUT2D eigenvalue weighted by Gasteiger charge is 2.34. The average Bonchev–Trinajstić information content (AvgIpc) is 2.41. The van der Waals surface area contributed by atoms with Crippen LogP contribution in [0.3, 0.4) is 0 Å². The van der Waals surface area contributed by atoms with E-state index in [0.717, 1.165) is 5.56 Å². The summed E-state index contributed by atoms with van der Waals surface area (Å²) >= 11 is 0. The molecule has 0 saturated carbocycles. The van der Waals surface area contributed by atoms with Crippen LogP contribution in [0.4, 0.5) is 10.1 Å². The highest BCUT2D eigenvalue weighted by Crippen LogP contribution is 2.27. The van der Waals surface area contributed by atoms with Crippen molar-refractivity contribution in [1.29, 1.82) is 0 Å². The quantitative estimate of drug-likeness (QED) is 0.835. The first-order chi connectivity index (χ1) is 9.49. The molecular formula is C15H16FNO3. The minimum atomic E-state index is -1.00. The Bertz CT molecular complexity index is 568. The van der Waals surface area contributed by atoms with Crippen LogP contribution < -0.4 is 5.32 Å². The van der Waals surface area contributed by atoms with E-state index in [-0.39, 0.29) is 5.69 Å². The van der Waals surface area contributed by atoms with Crippen LogP contribution in [0.15, 0.2) is 30.4 Å². The second kappa shape index (κ2) is 5.86. The van der Waals surface area contributed by atoms with Crippen LogP contribution in [0.2, 0.25) is 0 Å². The van der Waals surface area contributed by atoms with E-state index >= 15 is 0 Å². The lowest BCUT2D eigenvalue weighted by Gasteiger charge is -2.24. The number of allylic oxidation sites excluding steroid dienone is 2. The van der Waals surface area contributed by atoms with Crippen LogP contribution in [-0.2, 0) is 9.59 Å². The van der Waals surface area contributed by atoms with E-state index in [1.807, 2.05) is 0 Å². The van der Waals surface area contributed by atoms with E-state index in [1.165, 1.54) is 12.1 Å². The normalized spacial score (nSPS) is 21.5. The van der Waals surface area contributed by atoms with Crippen molar-refractivity contribution in [1.82, 2.24) is 0 Å². The van der Waals surface area contributed by atoms with Crippen molar-refractivity contribution in [2.45, 2.75) is 19.8 Å². The second-order valence-corrected chi connectivity index (χ2v) is 4.97. The van der Waals surface area contributed by atoms with Crippen molar-refractivity contribution in [3.8, 4) is 0 Å². The number of anilines is 1. The Morgan fingerprint density at radius 1 is 1.25 bits per heavy atom. The number of aliphatic carboxylic acids is 1. The summed E-state index contributed by atoms with van der Waals surface area (Å²) in [4.78, 5) is 23.3. The molecule has 0 radical (unpaired) electrons. The van der Waals surface area contributed by atoms with Gasteiger partial charge < -0.3 is 10.4 Å². The summed E-state index contributed by atoms with van der Waals surface area (Å²) in [7, 11) is 0. The number of amides is 1. The van der Waals surface area contributed by atoms with Crippen LogP contribution >= 0.6 is 0 Å². The highest BCUT2D eigenvalue weighted by molar-refractivity contribution is 5.95. The zero-order valence-electron chi connectivity index (χ0n) is 11.1. The van der Waals surface area contributed by atoms with E-state index < -0.39 is 29.5 Å². The third-order valence-electron chi connectivity index (χ3n) is 3.47. The van der Waals surface area contributed by atoms with Gasteiger partial charge in [0, 0.05) is 0 Å². The SMILES string of the molecule is Cc1ccc(NC(=O)[C@@H]2CC=CC[C@@H]2C(=O)O)c(F)c1. The standard InChI is InChI=1S/C15H16FNO3/c1-9-6-7-13(12(16)8-9)17-14(18)10-4-2-3-5-11(10)15(19)20/h2-3,6-8,10-11H,4-5H2,1H3,(H,17,18)(H,19,20)/t10-,11+/m1/s1. The Morgan fingerprint density at radius 2 is 1.90 bits per heavy atom. The third kappa shape index (κ3) is 3.04. The monoisotopic (exact) mass is 277 g/mol. The smallest absolute Gasteiger partial charge is 0.307 e. The van der Waals surface area contributed by atoms with Crippen molar-refractivity contribution < 1.29 is 19.1 Å². The summed E-state index contributed by atoms with van der Waals surface area (Å²) in [5.74, 6) is -3.40. The van der Waals surface area contributed by atoms with Crippen LogP contribution in [0.1, 0.15) is 18.4 Å². The van der Waals surface area contributed by atoms with Crippen molar-refractivity contribution in [2.24, 2.45) is 11.8 Å². The Labute approximate surface area is 116 Å². The van der Waals surface area contributed by atoms with Gasteiger partial charge in [0.2, 0.25) is 5.91 Å². The fourth-order valence-corrected chi connectivity index (χ4v) is 2.32. The topological polar surface area (TPSA) is 66.4 Å². The lowest BCUT2D eigenvalue weighted by Crippen LogP contribution is -2.34. The van der Waals surface area contributed by atoms with E-state index in [1.54, 1.807) is 25.1 Å². The Hall–Kier alpha value is -2.17. The van der Waals surface area contributed by atoms with Gasteiger partial charge in [-0.05, 0) is 37.5 Å². The molecule has 0 aromatic heterocycles. The van der Waals surface area contributed by atoms with Gasteiger partial charge in [0.05, 0.1) is 17.5 Å². The first kappa shape index (κ1) is 14.2. The Balaban J connectivity index is 2.14. The first-order valence-electron chi connectivity index (χ1n) is 6.44. The molecule has 20 heavy (non-hydrogen) atoms. The van der Waals surface area contributed by atoms with E-state index in [4.69, 9.17) is 5.11 Å². The first-order valence-corrected chi connectivity index (χ1v) is 6.44. The van der Waals surface area contributed by atoms with E-state index in [2.05, 4.69) is 5.32 Å². The summed E-state index contributed by atoms with van der Waals surface area (Å²) in [5, 5.41) is 11.6. The largest absolute Gasteiger partial charge is 0.481 e. The molecule has 2 N–H and O–H groups in total. The molecule has 0 spiro atoms. The molecule has 0 saturated heterocycles. The molecule has 1 aromatic carbocycles. The van der Waals surface area contributed by atoms with Gasteiger partial charge in [-0.3, -0.25) is 9.59 Å². The fraction of sp³-hybridized carbons (Fsp3) is 0.333. The molecule has 0 aliphatic heterocycles. The molecule has 1 aliphatic carbocycles. The minimum Gasteiger partial charge on any atom is -0.481 e. The molecule has 0 bridgehead atoms. The summed E-state index contributed by atoms with van der Waals surface area (Å²) in [5.41, 5.74) is 0.837. The second-order valence-electron chi connectivity index (χ2n) is 4.97. The van der Waals surface area contributed by atoms with Gasteiger partial charge in [0.25, 0.3) is 0 Å². The lowest BCUT2D eigenvalue weighted by molar-refractivity contribution is -0.146. The van der Waals surface area contributed by atoms with E-state index in [9.17, 15) is 14.0 Å². The Morgan fingerprint density at radius 3 is 2.50 bits per heavy atom. The summed E-state index contributed by atoms with van der Waals surface area (Å²) in [6.07, 6.45) is 4.23. The van der Waals surface area contributed by atoms with Gasteiger partial charge in [-0.15, -0.1) is 0 Å². The molecule has 2 atom stereocenters. The van der Waals surface area contributed by atoms with Gasteiger partial charge in [0.1, 0.15) is 5.82 Å². The maximum absolute atomic E-state index is 13.7. The number of hydrogen-bond donors (Lipinski definition) is 2. The number of carbonyl (C=O) groups excluding carboxylic acids is 1. The van der Waals surface area contributed by atoms with Crippen LogP contribution in [0.25, 0.3) is 0 Å². The van der Waals surface area contributed by atoms with Gasteiger partial charge in [0.15, 0.2) is 0 Å². The van der Waals surface area contributed by atoms with E-state index in [0.29, 0.717) is 12.8 Å². The molecule has 5 heteroatoms. The third-order valence-corrected chi connectivity index (χ3v) is 3.47. The van der Waals surface area contributed by atoms with Gasteiger partial charge >= 0.3 is 5.97 Å². The predicted molar refractivity (Wildman–Crippen MR) is 72.8 cm³/mol. The van der Waals surface area contributed by atoms with Crippen LogP contribution in [-0.4, -0.2) is 17.0 Å². The maximum atomic E-state index is 13.7. The number of carboxylic acids is 1. The number of carboxylic acid groups (broad SMARTS) is 1. The number of nitrogens with one attached hydrogen (secondary N) is 1. The number of hydrogen-bond acceptors (Lipinski definition) is 2. The summed E-state index contributed by atoms with van der Waals surface area (Å²) < 4.78 is 13.7. The Kier molecular flexibility index (Phi) is 4.17. The molecule has 1 aliphatic rings. The van der Waals surface area contributed by atoms with Crippen LogP contribution in [0, 0.1) is 24.6 Å². The number of carbonyl (C=O) groups is 2. The average molecular weight is 277 g/mol. The molecular weight excluding hydrogens is 261 g/mol. The molecule has 1 amide bonds. The molecule has 0 unspecified atom stereocenters. The predicted octanol–water partition coefficient (Wildman–Crippen LogP) is 2.74. The summed E-state index contributed by atoms with van der Waals surface area (Å²) in [6.45, 7) is 1.75. The van der Waals surface area contributed by atoms with Gasteiger partial charge in [-0.1, -0.05) is 18.2 Å². The molecule has 0 fully saturated rings. The van der Waals surface area contributed by atoms with Crippen molar-refractivity contribution in [3.05, 3.63) is 41.7 Å². The lowest BCUT2D eigenvalue weighted by atomic mass is 9.82. The highest BCUT2D eigenvalue weighted by atomic mass is 19.1. The molecule has 2 rings (SSSR count). The number of benzene rings is 1. The maximum Gasteiger partial charge on any atom is 0.307 e. The number of aryl methyl sites for hydroxylation is 1. The van der Waals surface area contributed by atoms with Gasteiger partial charge in [-0.2, -0.15) is 0 Å².